The van der Waals surface area contributed by atoms with Gasteiger partial charge in [0.25, 0.3) is 0 Å². The van der Waals surface area contributed by atoms with Gasteiger partial charge in [0.05, 0.1) is 9.71 Å². The van der Waals surface area contributed by atoms with Crippen molar-refractivity contribution < 1.29 is 4.39 Å². The van der Waals surface area contributed by atoms with Crippen LogP contribution < -0.4 is 0 Å². The summed E-state index contributed by atoms with van der Waals surface area (Å²) in [6, 6.07) is 6.63. The minimum atomic E-state index is -0.510. The van der Waals surface area contributed by atoms with Crippen LogP contribution in [0.15, 0.2) is 28.7 Å². The minimum Gasteiger partial charge on any atom is -0.207 e. The summed E-state index contributed by atoms with van der Waals surface area (Å²) in [6.45, 7) is 1.91. The monoisotopic (exact) mass is 352 g/mol. The van der Waals surface area contributed by atoms with Crippen LogP contribution in [0.3, 0.4) is 0 Å². The standard InChI is InChI=1S/C12H8BrCl2FS/c1-6-4-10(17-12(6)15)11(14)8-5-7(13)2-3-9(8)16/h2-5,11H,1H3. The van der Waals surface area contributed by atoms with Crippen LogP contribution in [0.2, 0.25) is 4.34 Å². The van der Waals surface area contributed by atoms with E-state index in [-0.39, 0.29) is 5.82 Å². The summed E-state index contributed by atoms with van der Waals surface area (Å²) in [4.78, 5) is 0.853. The number of alkyl halides is 1. The first-order chi connectivity index (χ1) is 7.99. The maximum absolute atomic E-state index is 13.7. The van der Waals surface area contributed by atoms with Crippen molar-refractivity contribution in [2.45, 2.75) is 12.3 Å². The highest BCUT2D eigenvalue weighted by Crippen LogP contribution is 2.39. The molecule has 0 amide bonds. The van der Waals surface area contributed by atoms with Gasteiger partial charge < -0.3 is 0 Å². The van der Waals surface area contributed by atoms with Crippen molar-refractivity contribution in [1.82, 2.24) is 0 Å². The fraction of sp³-hybridized carbons (Fsp3) is 0.167. The highest BCUT2D eigenvalue weighted by molar-refractivity contribution is 9.10. The molecule has 0 saturated carbocycles. The van der Waals surface area contributed by atoms with Gasteiger partial charge in [-0.15, -0.1) is 22.9 Å². The normalized spacial score (nSPS) is 12.8. The Labute approximate surface area is 121 Å². The number of rotatable bonds is 2. The number of halogens is 4. The van der Waals surface area contributed by atoms with Crippen molar-refractivity contribution in [1.29, 1.82) is 0 Å². The Balaban J connectivity index is 2.42. The van der Waals surface area contributed by atoms with Gasteiger partial charge in [0.1, 0.15) is 5.82 Å². The van der Waals surface area contributed by atoms with Crippen molar-refractivity contribution in [3.05, 3.63) is 54.9 Å². The third-order valence-corrected chi connectivity index (χ3v) is 5.07. The van der Waals surface area contributed by atoms with Crippen LogP contribution in [0.25, 0.3) is 0 Å². The van der Waals surface area contributed by atoms with Crippen LogP contribution in [0.1, 0.15) is 21.4 Å². The number of thiophene rings is 1. The average molecular weight is 354 g/mol. The topological polar surface area (TPSA) is 0 Å². The van der Waals surface area contributed by atoms with Crippen molar-refractivity contribution in [2.24, 2.45) is 0 Å². The summed E-state index contributed by atoms with van der Waals surface area (Å²) < 4.78 is 15.2. The molecular formula is C12H8BrCl2FS. The van der Waals surface area contributed by atoms with E-state index in [0.717, 1.165) is 14.9 Å². The smallest absolute Gasteiger partial charge is 0.128 e. The zero-order valence-electron chi connectivity index (χ0n) is 8.81. The highest BCUT2D eigenvalue weighted by Gasteiger charge is 2.18. The van der Waals surface area contributed by atoms with Gasteiger partial charge in [-0.25, -0.2) is 4.39 Å². The van der Waals surface area contributed by atoms with Gasteiger partial charge in [0.15, 0.2) is 0 Å². The molecule has 1 aromatic carbocycles. The molecule has 90 valence electrons. The second-order valence-electron chi connectivity index (χ2n) is 3.63. The Hall–Kier alpha value is -0.0900. The second-order valence-corrected chi connectivity index (χ2v) is 6.67. The van der Waals surface area contributed by atoms with E-state index in [1.807, 2.05) is 13.0 Å². The van der Waals surface area contributed by atoms with Crippen LogP contribution in [0.5, 0.6) is 0 Å². The van der Waals surface area contributed by atoms with E-state index in [0.29, 0.717) is 9.90 Å². The SMILES string of the molecule is Cc1cc(C(Cl)c2cc(Br)ccc2F)sc1Cl. The molecule has 5 heteroatoms. The molecule has 0 aliphatic heterocycles. The lowest BCUT2D eigenvalue weighted by Crippen LogP contribution is -1.94. The molecule has 2 aromatic rings. The van der Waals surface area contributed by atoms with Crippen molar-refractivity contribution in [3.8, 4) is 0 Å². The van der Waals surface area contributed by atoms with Crippen molar-refractivity contribution in [2.75, 3.05) is 0 Å². The zero-order chi connectivity index (χ0) is 12.6. The summed E-state index contributed by atoms with van der Waals surface area (Å²) in [5.74, 6) is -0.310. The van der Waals surface area contributed by atoms with E-state index in [4.69, 9.17) is 23.2 Å². The molecule has 1 aromatic heterocycles. The van der Waals surface area contributed by atoms with Crippen LogP contribution >= 0.6 is 50.5 Å². The van der Waals surface area contributed by atoms with E-state index >= 15 is 0 Å². The molecule has 17 heavy (non-hydrogen) atoms. The molecule has 0 bridgehead atoms. The first-order valence-corrected chi connectivity index (χ1v) is 7.26. The largest absolute Gasteiger partial charge is 0.207 e. The summed E-state index contributed by atoms with van der Waals surface area (Å²) in [5, 5.41) is -0.510. The molecule has 2 rings (SSSR count). The van der Waals surface area contributed by atoms with Gasteiger partial charge in [-0.2, -0.15) is 0 Å². The molecule has 0 nitrogen and oxygen atoms in total. The molecule has 1 atom stereocenters. The molecule has 0 fully saturated rings. The Morgan fingerprint density at radius 2 is 2.06 bits per heavy atom. The fourth-order valence-electron chi connectivity index (χ4n) is 1.47. The van der Waals surface area contributed by atoms with Gasteiger partial charge in [-0.3, -0.25) is 0 Å². The van der Waals surface area contributed by atoms with Gasteiger partial charge in [0.2, 0.25) is 0 Å². The van der Waals surface area contributed by atoms with E-state index in [1.54, 1.807) is 12.1 Å². The quantitative estimate of drug-likeness (QED) is 0.586. The molecule has 0 saturated heterocycles. The average Bonchev–Trinajstić information content (AvgIpc) is 2.62. The van der Waals surface area contributed by atoms with Crippen LogP contribution in [0, 0.1) is 12.7 Å². The van der Waals surface area contributed by atoms with Crippen molar-refractivity contribution >= 4 is 50.5 Å². The molecule has 0 radical (unpaired) electrons. The van der Waals surface area contributed by atoms with E-state index in [2.05, 4.69) is 15.9 Å². The predicted molar refractivity (Wildman–Crippen MR) is 75.9 cm³/mol. The highest BCUT2D eigenvalue weighted by atomic mass is 79.9. The molecule has 0 aliphatic rings. The lowest BCUT2D eigenvalue weighted by molar-refractivity contribution is 0.612. The van der Waals surface area contributed by atoms with Gasteiger partial charge in [0, 0.05) is 14.9 Å². The minimum absolute atomic E-state index is 0.310. The Morgan fingerprint density at radius 1 is 1.35 bits per heavy atom. The number of benzene rings is 1. The number of hydrogen-bond acceptors (Lipinski definition) is 1. The number of hydrogen-bond donors (Lipinski definition) is 0. The maximum Gasteiger partial charge on any atom is 0.128 e. The first-order valence-electron chi connectivity index (χ1n) is 4.84. The fourth-order valence-corrected chi connectivity index (χ4v) is 3.43. The Morgan fingerprint density at radius 3 is 2.65 bits per heavy atom. The van der Waals surface area contributed by atoms with Gasteiger partial charge in [-0.1, -0.05) is 27.5 Å². The van der Waals surface area contributed by atoms with Gasteiger partial charge >= 0.3 is 0 Å². The third-order valence-electron chi connectivity index (χ3n) is 2.36. The molecule has 1 unspecified atom stereocenters. The summed E-state index contributed by atoms with van der Waals surface area (Å²) >= 11 is 17.0. The molecule has 0 spiro atoms. The van der Waals surface area contributed by atoms with E-state index in [1.165, 1.54) is 17.4 Å². The second kappa shape index (κ2) is 5.27. The lowest BCUT2D eigenvalue weighted by atomic mass is 10.1. The van der Waals surface area contributed by atoms with Crippen LogP contribution in [-0.4, -0.2) is 0 Å². The molecule has 0 aliphatic carbocycles. The third kappa shape index (κ3) is 2.84. The summed E-state index contributed by atoms with van der Waals surface area (Å²) in [5.41, 5.74) is 1.42. The summed E-state index contributed by atoms with van der Waals surface area (Å²) in [6.07, 6.45) is 0. The molecule has 0 N–H and O–H groups in total. The molecule has 1 heterocycles. The first kappa shape index (κ1) is 13.3. The molecular weight excluding hydrogens is 346 g/mol. The lowest BCUT2D eigenvalue weighted by Gasteiger charge is -2.09. The Bertz CT molecular complexity index is 534. The Kier molecular flexibility index (Phi) is 4.14. The zero-order valence-corrected chi connectivity index (χ0v) is 12.7. The van der Waals surface area contributed by atoms with Crippen molar-refractivity contribution in [3.63, 3.8) is 0 Å². The van der Waals surface area contributed by atoms with Crippen LogP contribution in [0.4, 0.5) is 4.39 Å². The number of aryl methyl sites for hydroxylation is 1. The van der Waals surface area contributed by atoms with Crippen LogP contribution in [-0.2, 0) is 0 Å². The summed E-state index contributed by atoms with van der Waals surface area (Å²) in [7, 11) is 0. The predicted octanol–water partition coefficient (Wildman–Crippen LogP) is 5.94. The maximum atomic E-state index is 13.7. The van der Waals surface area contributed by atoms with E-state index < -0.39 is 5.38 Å². The van der Waals surface area contributed by atoms with Gasteiger partial charge in [-0.05, 0) is 36.8 Å². The van der Waals surface area contributed by atoms with E-state index in [9.17, 15) is 4.39 Å².